The van der Waals surface area contributed by atoms with E-state index in [0.29, 0.717) is 23.8 Å². The van der Waals surface area contributed by atoms with Crippen molar-refractivity contribution >= 4 is 5.91 Å². The Morgan fingerprint density at radius 2 is 2.11 bits per heavy atom. The molecule has 98 valence electrons. The van der Waals surface area contributed by atoms with Crippen LogP contribution in [0, 0.1) is 5.92 Å². The van der Waals surface area contributed by atoms with Crippen molar-refractivity contribution in [2.45, 2.75) is 13.5 Å². The van der Waals surface area contributed by atoms with Gasteiger partial charge in [-0.15, -0.1) is 0 Å². The fourth-order valence-electron chi connectivity index (χ4n) is 1.56. The van der Waals surface area contributed by atoms with E-state index in [1.54, 1.807) is 19.1 Å². The maximum atomic E-state index is 10.9. The van der Waals surface area contributed by atoms with E-state index < -0.39 is 5.91 Å². The van der Waals surface area contributed by atoms with E-state index in [0.717, 1.165) is 5.56 Å². The van der Waals surface area contributed by atoms with Crippen molar-refractivity contribution in [3.63, 3.8) is 0 Å². The Bertz CT molecular complexity index is 462. The van der Waals surface area contributed by atoms with Crippen LogP contribution in [0.2, 0.25) is 0 Å². The number of hydrogen-bond acceptors (Lipinski definition) is 5. The largest absolute Gasteiger partial charge is 0.492 e. The average molecular weight is 252 g/mol. The van der Waals surface area contributed by atoms with Crippen LogP contribution in [0.4, 0.5) is 0 Å². The molecule has 0 aliphatic carbocycles. The van der Waals surface area contributed by atoms with Crippen LogP contribution in [0.3, 0.4) is 0 Å². The van der Waals surface area contributed by atoms with E-state index in [4.69, 9.17) is 25.7 Å². The maximum absolute atomic E-state index is 10.9. The molecule has 1 aromatic carbocycles. The molecule has 0 radical (unpaired) electrons. The Morgan fingerprint density at radius 3 is 2.72 bits per heavy atom. The summed E-state index contributed by atoms with van der Waals surface area (Å²) in [5.74, 6) is 1.11. The zero-order chi connectivity index (χ0) is 13.1. The van der Waals surface area contributed by atoms with Gasteiger partial charge in [-0.3, -0.25) is 4.79 Å². The monoisotopic (exact) mass is 252 g/mol. The highest BCUT2D eigenvalue weighted by molar-refractivity contribution is 5.76. The second-order valence-corrected chi connectivity index (χ2v) is 4.13. The second-order valence-electron chi connectivity index (χ2n) is 4.13. The third-order valence-electron chi connectivity index (χ3n) is 2.75. The number of amides is 1. The molecule has 18 heavy (non-hydrogen) atoms. The zero-order valence-corrected chi connectivity index (χ0v) is 10.1. The molecule has 1 aliphatic rings. The highest BCUT2D eigenvalue weighted by Gasteiger charge is 2.18. The molecule has 4 N–H and O–H groups in total. The number of rotatable bonds is 5. The molecule has 1 amide bonds. The molecule has 0 fully saturated rings. The fourth-order valence-corrected chi connectivity index (χ4v) is 1.56. The fraction of sp³-hybridized carbons (Fsp3) is 0.417. The summed E-state index contributed by atoms with van der Waals surface area (Å²) in [5, 5.41) is 0. The van der Waals surface area contributed by atoms with Gasteiger partial charge in [-0.25, -0.2) is 0 Å². The van der Waals surface area contributed by atoms with Crippen LogP contribution in [0.1, 0.15) is 12.5 Å². The zero-order valence-electron chi connectivity index (χ0n) is 10.1. The van der Waals surface area contributed by atoms with Crippen LogP contribution in [0.5, 0.6) is 17.2 Å². The molecule has 0 saturated carbocycles. The van der Waals surface area contributed by atoms with Crippen LogP contribution >= 0.6 is 0 Å². The Hall–Kier alpha value is -1.95. The Morgan fingerprint density at radius 1 is 1.44 bits per heavy atom. The van der Waals surface area contributed by atoms with E-state index in [9.17, 15) is 4.79 Å². The summed E-state index contributed by atoms with van der Waals surface area (Å²) < 4.78 is 16.1. The van der Waals surface area contributed by atoms with Crippen LogP contribution in [0.15, 0.2) is 12.1 Å². The van der Waals surface area contributed by atoms with Gasteiger partial charge in [-0.2, -0.15) is 0 Å². The van der Waals surface area contributed by atoms with Crippen molar-refractivity contribution in [3.8, 4) is 17.2 Å². The van der Waals surface area contributed by atoms with E-state index in [-0.39, 0.29) is 19.3 Å². The van der Waals surface area contributed by atoms with Crippen molar-refractivity contribution in [2.75, 3.05) is 13.4 Å². The number of benzene rings is 1. The van der Waals surface area contributed by atoms with Gasteiger partial charge in [0.2, 0.25) is 12.7 Å². The average Bonchev–Trinajstić information content (AvgIpc) is 2.81. The summed E-state index contributed by atoms with van der Waals surface area (Å²) in [4.78, 5) is 10.9. The van der Waals surface area contributed by atoms with Crippen LogP contribution in [-0.2, 0) is 11.3 Å². The molecular weight excluding hydrogens is 236 g/mol. The predicted octanol–water partition coefficient (Wildman–Crippen LogP) is 0.374. The third kappa shape index (κ3) is 2.48. The first-order valence-electron chi connectivity index (χ1n) is 5.66. The minimum absolute atomic E-state index is 0.195. The quantitative estimate of drug-likeness (QED) is 0.789. The van der Waals surface area contributed by atoms with Gasteiger partial charge in [0.05, 0.1) is 12.5 Å². The van der Waals surface area contributed by atoms with Gasteiger partial charge < -0.3 is 25.7 Å². The Balaban J connectivity index is 2.14. The number of fused-ring (bicyclic) bond motifs is 1. The molecule has 1 unspecified atom stereocenters. The lowest BCUT2D eigenvalue weighted by molar-refractivity contribution is -0.122. The smallest absolute Gasteiger partial charge is 0.231 e. The van der Waals surface area contributed by atoms with Gasteiger partial charge in [0.25, 0.3) is 0 Å². The molecule has 2 rings (SSSR count). The molecule has 1 aromatic rings. The summed E-state index contributed by atoms with van der Waals surface area (Å²) in [7, 11) is 0. The summed E-state index contributed by atoms with van der Waals surface area (Å²) in [5.41, 5.74) is 11.6. The normalized spacial score (nSPS) is 14.3. The molecule has 6 heteroatoms. The molecule has 0 bridgehead atoms. The first kappa shape index (κ1) is 12.5. The van der Waals surface area contributed by atoms with Gasteiger partial charge in [0.1, 0.15) is 5.75 Å². The standard InChI is InChI=1S/C12H16N2O4/c1-7(12(14)15)5-16-9-3-11-10(17-6-18-11)2-8(9)4-13/h2-3,7H,4-6,13H2,1H3,(H2,14,15). The second kappa shape index (κ2) is 5.14. The molecular formula is C12H16N2O4. The highest BCUT2D eigenvalue weighted by Crippen LogP contribution is 2.38. The van der Waals surface area contributed by atoms with Gasteiger partial charge >= 0.3 is 0 Å². The van der Waals surface area contributed by atoms with Crippen molar-refractivity contribution < 1.29 is 19.0 Å². The van der Waals surface area contributed by atoms with Crippen molar-refractivity contribution in [3.05, 3.63) is 17.7 Å². The third-order valence-corrected chi connectivity index (χ3v) is 2.75. The van der Waals surface area contributed by atoms with Gasteiger partial charge in [0.15, 0.2) is 11.5 Å². The van der Waals surface area contributed by atoms with Crippen LogP contribution in [-0.4, -0.2) is 19.3 Å². The lowest BCUT2D eigenvalue weighted by Gasteiger charge is -2.13. The van der Waals surface area contributed by atoms with E-state index >= 15 is 0 Å². The number of ether oxygens (including phenoxy) is 3. The first-order chi connectivity index (χ1) is 8.61. The van der Waals surface area contributed by atoms with Crippen molar-refractivity contribution in [1.82, 2.24) is 0 Å². The summed E-state index contributed by atoms with van der Waals surface area (Å²) in [6.07, 6.45) is 0. The Labute approximate surface area is 105 Å². The molecule has 0 saturated heterocycles. The summed E-state index contributed by atoms with van der Waals surface area (Å²) >= 11 is 0. The van der Waals surface area contributed by atoms with E-state index in [1.807, 2.05) is 0 Å². The number of carbonyl (C=O) groups is 1. The topological polar surface area (TPSA) is 96.8 Å². The first-order valence-corrected chi connectivity index (χ1v) is 5.66. The summed E-state index contributed by atoms with van der Waals surface area (Å²) in [6, 6.07) is 3.50. The van der Waals surface area contributed by atoms with Crippen LogP contribution < -0.4 is 25.7 Å². The van der Waals surface area contributed by atoms with Gasteiger partial charge in [0, 0.05) is 18.2 Å². The van der Waals surface area contributed by atoms with Gasteiger partial charge in [-0.05, 0) is 6.07 Å². The highest BCUT2D eigenvalue weighted by atomic mass is 16.7. The lowest BCUT2D eigenvalue weighted by Crippen LogP contribution is -2.26. The van der Waals surface area contributed by atoms with Crippen molar-refractivity contribution in [2.24, 2.45) is 17.4 Å². The van der Waals surface area contributed by atoms with E-state index in [1.165, 1.54) is 0 Å². The molecule has 1 aliphatic heterocycles. The SMILES string of the molecule is CC(COc1cc2c(cc1CN)OCO2)C(N)=O. The molecule has 0 aromatic heterocycles. The summed E-state index contributed by atoms with van der Waals surface area (Å²) in [6.45, 7) is 2.43. The lowest BCUT2D eigenvalue weighted by atomic mass is 10.1. The number of hydrogen-bond donors (Lipinski definition) is 2. The van der Waals surface area contributed by atoms with E-state index in [2.05, 4.69) is 0 Å². The number of primary amides is 1. The predicted molar refractivity (Wildman–Crippen MR) is 64.3 cm³/mol. The van der Waals surface area contributed by atoms with Crippen LogP contribution in [0.25, 0.3) is 0 Å². The van der Waals surface area contributed by atoms with Crippen molar-refractivity contribution in [1.29, 1.82) is 0 Å². The van der Waals surface area contributed by atoms with Gasteiger partial charge in [-0.1, -0.05) is 6.92 Å². The maximum Gasteiger partial charge on any atom is 0.231 e. The molecule has 1 atom stereocenters. The number of nitrogens with two attached hydrogens (primary N) is 2. The molecule has 1 heterocycles. The molecule has 6 nitrogen and oxygen atoms in total. The minimum atomic E-state index is -0.398. The number of carbonyl (C=O) groups excluding carboxylic acids is 1. The molecule has 0 spiro atoms. The Kier molecular flexibility index (Phi) is 3.57. The minimum Gasteiger partial charge on any atom is -0.492 e.